The summed E-state index contributed by atoms with van der Waals surface area (Å²) < 4.78 is 5.33. The summed E-state index contributed by atoms with van der Waals surface area (Å²) in [4.78, 5) is 3.91. The molecule has 0 aromatic carbocycles. The van der Waals surface area contributed by atoms with Gasteiger partial charge in [-0.05, 0) is 24.4 Å². The Morgan fingerprint density at radius 1 is 1.25 bits per heavy atom. The lowest BCUT2D eigenvalue weighted by Crippen LogP contribution is -2.08. The molecule has 0 atom stereocenters. The molecule has 0 bridgehead atoms. The third-order valence-corrected chi connectivity index (χ3v) is 2.14. The highest BCUT2D eigenvalue weighted by Crippen LogP contribution is 2.16. The van der Waals surface area contributed by atoms with Crippen molar-refractivity contribution in [3.8, 4) is 0 Å². The molecule has 0 amide bonds. The number of rotatable bonds is 7. The van der Waals surface area contributed by atoms with E-state index in [0.29, 0.717) is 19.0 Å². The fourth-order valence-corrected chi connectivity index (χ4v) is 1.30. The van der Waals surface area contributed by atoms with Crippen LogP contribution in [0.1, 0.15) is 19.8 Å². The van der Waals surface area contributed by atoms with Crippen LogP contribution in [0.3, 0.4) is 0 Å². The van der Waals surface area contributed by atoms with Crippen LogP contribution >= 0.6 is 23.2 Å². The van der Waals surface area contributed by atoms with E-state index in [2.05, 4.69) is 27.4 Å². The second-order valence-corrected chi connectivity index (χ2v) is 3.81. The molecule has 1 aromatic rings. The summed E-state index contributed by atoms with van der Waals surface area (Å²) in [6.45, 7) is 4.29. The molecule has 0 saturated heterocycles. The zero-order valence-electron chi connectivity index (χ0n) is 9.04. The van der Waals surface area contributed by atoms with Gasteiger partial charge in [0.1, 0.15) is 0 Å². The van der Waals surface area contributed by atoms with Gasteiger partial charge in [0, 0.05) is 19.8 Å². The van der Waals surface area contributed by atoms with Crippen molar-refractivity contribution in [2.45, 2.75) is 19.8 Å². The van der Waals surface area contributed by atoms with E-state index >= 15 is 0 Å². The summed E-state index contributed by atoms with van der Waals surface area (Å²) in [5, 5.41) is 10.5. The van der Waals surface area contributed by atoms with Gasteiger partial charge in [-0.3, -0.25) is 0 Å². The number of ether oxygens (including phenoxy) is 1. The lowest BCUT2D eigenvalue weighted by atomic mass is 10.4. The number of hydrogen-bond donors (Lipinski definition) is 1. The molecule has 0 aliphatic rings. The maximum absolute atomic E-state index is 5.77. The standard InChI is InChI=1S/C9H14Cl2N4O/c1-2-5-16-6-3-4-12-8-7(10)14-15-9(11)13-8/h2-6H2,1H3,(H,12,13,15). The summed E-state index contributed by atoms with van der Waals surface area (Å²) in [6.07, 6.45) is 1.91. The van der Waals surface area contributed by atoms with Gasteiger partial charge in [0.15, 0.2) is 11.0 Å². The number of halogens is 2. The monoisotopic (exact) mass is 264 g/mol. The first kappa shape index (κ1) is 13.4. The van der Waals surface area contributed by atoms with Gasteiger partial charge in [0.2, 0.25) is 5.28 Å². The molecule has 0 spiro atoms. The molecule has 0 aliphatic carbocycles. The molecule has 5 nitrogen and oxygen atoms in total. The van der Waals surface area contributed by atoms with E-state index in [-0.39, 0.29) is 10.4 Å². The van der Waals surface area contributed by atoms with Crippen molar-refractivity contribution in [1.29, 1.82) is 0 Å². The molecule has 0 fully saturated rings. The third-order valence-electron chi connectivity index (χ3n) is 1.73. The van der Waals surface area contributed by atoms with Gasteiger partial charge in [-0.15, -0.1) is 10.2 Å². The lowest BCUT2D eigenvalue weighted by molar-refractivity contribution is 0.134. The van der Waals surface area contributed by atoms with Crippen LogP contribution in [0.25, 0.3) is 0 Å². The van der Waals surface area contributed by atoms with Crippen molar-refractivity contribution in [2.75, 3.05) is 25.1 Å². The van der Waals surface area contributed by atoms with Crippen molar-refractivity contribution in [3.63, 3.8) is 0 Å². The molecular weight excluding hydrogens is 251 g/mol. The Bertz CT molecular complexity index is 324. The highest BCUT2D eigenvalue weighted by Gasteiger charge is 2.04. The van der Waals surface area contributed by atoms with Crippen molar-refractivity contribution < 1.29 is 4.74 Å². The predicted molar refractivity (Wildman–Crippen MR) is 64.1 cm³/mol. The van der Waals surface area contributed by atoms with Crippen LogP contribution < -0.4 is 5.32 Å². The van der Waals surface area contributed by atoms with Crippen LogP contribution in [0.4, 0.5) is 5.82 Å². The van der Waals surface area contributed by atoms with Crippen molar-refractivity contribution in [1.82, 2.24) is 15.2 Å². The van der Waals surface area contributed by atoms with Crippen LogP contribution in [0, 0.1) is 0 Å². The Morgan fingerprint density at radius 3 is 2.81 bits per heavy atom. The van der Waals surface area contributed by atoms with Crippen LogP contribution in [-0.4, -0.2) is 34.9 Å². The predicted octanol–water partition coefficient (Wildman–Crippen LogP) is 2.41. The van der Waals surface area contributed by atoms with Crippen LogP contribution in [0.5, 0.6) is 0 Å². The molecule has 7 heteroatoms. The smallest absolute Gasteiger partial charge is 0.245 e. The molecule has 0 unspecified atom stereocenters. The van der Waals surface area contributed by atoms with Crippen LogP contribution in [-0.2, 0) is 4.74 Å². The second kappa shape index (κ2) is 7.60. The third kappa shape index (κ3) is 4.92. The topological polar surface area (TPSA) is 59.9 Å². The summed E-state index contributed by atoms with van der Waals surface area (Å²) in [6, 6.07) is 0. The van der Waals surface area contributed by atoms with E-state index in [9.17, 15) is 0 Å². The SMILES string of the molecule is CCCOCCCNc1nc(Cl)nnc1Cl. The number of anilines is 1. The zero-order valence-corrected chi connectivity index (χ0v) is 10.6. The maximum Gasteiger partial charge on any atom is 0.245 e. The Morgan fingerprint density at radius 2 is 2.06 bits per heavy atom. The first-order valence-electron chi connectivity index (χ1n) is 5.11. The molecule has 1 heterocycles. The normalized spacial score (nSPS) is 10.4. The lowest BCUT2D eigenvalue weighted by Gasteiger charge is -2.06. The number of aromatic nitrogens is 3. The van der Waals surface area contributed by atoms with E-state index in [0.717, 1.165) is 19.4 Å². The number of nitrogens with zero attached hydrogens (tertiary/aromatic N) is 3. The molecule has 0 saturated carbocycles. The molecule has 1 aromatic heterocycles. The van der Waals surface area contributed by atoms with Crippen molar-refractivity contribution in [3.05, 3.63) is 10.4 Å². The zero-order chi connectivity index (χ0) is 11.8. The molecular formula is C9H14Cl2N4O. The van der Waals surface area contributed by atoms with E-state index in [1.54, 1.807) is 0 Å². The van der Waals surface area contributed by atoms with E-state index < -0.39 is 0 Å². The molecule has 1 N–H and O–H groups in total. The first-order chi connectivity index (χ1) is 7.74. The fourth-order valence-electron chi connectivity index (χ4n) is 1.03. The minimum atomic E-state index is 0.0779. The van der Waals surface area contributed by atoms with Gasteiger partial charge in [0.05, 0.1) is 0 Å². The Hall–Kier alpha value is -0.650. The molecule has 1 rings (SSSR count). The summed E-state index contributed by atoms with van der Waals surface area (Å²) in [5.74, 6) is 0.456. The Kier molecular flexibility index (Phi) is 6.37. The highest BCUT2D eigenvalue weighted by molar-refractivity contribution is 6.32. The van der Waals surface area contributed by atoms with E-state index in [4.69, 9.17) is 27.9 Å². The molecule has 0 radical (unpaired) electrons. The highest BCUT2D eigenvalue weighted by atomic mass is 35.5. The number of hydrogen-bond acceptors (Lipinski definition) is 5. The quantitative estimate of drug-likeness (QED) is 0.767. The first-order valence-corrected chi connectivity index (χ1v) is 5.87. The van der Waals surface area contributed by atoms with Gasteiger partial charge in [-0.2, -0.15) is 4.98 Å². The molecule has 90 valence electrons. The van der Waals surface area contributed by atoms with Gasteiger partial charge < -0.3 is 10.1 Å². The van der Waals surface area contributed by atoms with Gasteiger partial charge in [0.25, 0.3) is 0 Å². The minimum absolute atomic E-state index is 0.0779. The average Bonchev–Trinajstić information content (AvgIpc) is 2.28. The number of nitrogens with one attached hydrogen (secondary N) is 1. The van der Waals surface area contributed by atoms with Crippen molar-refractivity contribution in [2.24, 2.45) is 0 Å². The van der Waals surface area contributed by atoms with Crippen LogP contribution in [0.2, 0.25) is 10.4 Å². The maximum atomic E-state index is 5.77. The summed E-state index contributed by atoms with van der Waals surface area (Å²) in [7, 11) is 0. The summed E-state index contributed by atoms with van der Waals surface area (Å²) in [5.41, 5.74) is 0. The summed E-state index contributed by atoms with van der Waals surface area (Å²) >= 11 is 11.4. The molecule has 0 aliphatic heterocycles. The second-order valence-electron chi connectivity index (χ2n) is 3.11. The van der Waals surface area contributed by atoms with Crippen molar-refractivity contribution >= 4 is 29.0 Å². The van der Waals surface area contributed by atoms with Gasteiger partial charge >= 0.3 is 0 Å². The largest absolute Gasteiger partial charge is 0.381 e. The fraction of sp³-hybridized carbons (Fsp3) is 0.667. The average molecular weight is 265 g/mol. The Labute approximate surface area is 105 Å². The molecule has 16 heavy (non-hydrogen) atoms. The van der Waals surface area contributed by atoms with Gasteiger partial charge in [-0.25, -0.2) is 0 Å². The Balaban J connectivity index is 2.23. The minimum Gasteiger partial charge on any atom is -0.381 e. The van der Waals surface area contributed by atoms with E-state index in [1.807, 2.05) is 0 Å². The van der Waals surface area contributed by atoms with E-state index in [1.165, 1.54) is 0 Å². The van der Waals surface area contributed by atoms with Gasteiger partial charge in [-0.1, -0.05) is 18.5 Å². The van der Waals surface area contributed by atoms with Crippen LogP contribution in [0.15, 0.2) is 0 Å².